The Labute approximate surface area is 122 Å². The van der Waals surface area contributed by atoms with E-state index in [1.165, 1.54) is 25.5 Å². The molecule has 0 atom stereocenters. The molecule has 0 unspecified atom stereocenters. The molecule has 0 bridgehead atoms. The van der Waals surface area contributed by atoms with Gasteiger partial charge in [-0.3, -0.25) is 0 Å². The standard InChI is InChI=1S/C15H24N2O2S/c1-16-20(18,19)12-11-17-15-9-7-14(8-10-15)13-5-3-2-4-6-13/h2-6,14-17H,7-12H2,1H3. The summed E-state index contributed by atoms with van der Waals surface area (Å²) in [6.07, 6.45) is 4.61. The van der Waals surface area contributed by atoms with Gasteiger partial charge in [-0.05, 0) is 44.2 Å². The first-order valence-electron chi connectivity index (χ1n) is 7.30. The molecule has 4 nitrogen and oxygen atoms in total. The van der Waals surface area contributed by atoms with Crippen molar-refractivity contribution in [3.63, 3.8) is 0 Å². The summed E-state index contributed by atoms with van der Waals surface area (Å²) in [6, 6.07) is 11.1. The van der Waals surface area contributed by atoms with Crippen LogP contribution in [0.5, 0.6) is 0 Å². The first kappa shape index (κ1) is 15.5. The van der Waals surface area contributed by atoms with Gasteiger partial charge in [-0.2, -0.15) is 0 Å². The van der Waals surface area contributed by atoms with E-state index in [4.69, 9.17) is 0 Å². The SMILES string of the molecule is CNS(=O)(=O)CCNC1CCC(c2ccccc2)CC1. The van der Waals surface area contributed by atoms with Crippen LogP contribution in [-0.4, -0.2) is 33.8 Å². The summed E-state index contributed by atoms with van der Waals surface area (Å²) < 4.78 is 25.0. The van der Waals surface area contributed by atoms with Gasteiger partial charge in [0, 0.05) is 12.6 Å². The lowest BCUT2D eigenvalue weighted by atomic mass is 9.82. The molecule has 1 saturated carbocycles. The largest absolute Gasteiger partial charge is 0.313 e. The fourth-order valence-corrected chi connectivity index (χ4v) is 3.45. The van der Waals surface area contributed by atoms with Crippen LogP contribution < -0.4 is 10.0 Å². The van der Waals surface area contributed by atoms with Crippen LogP contribution >= 0.6 is 0 Å². The summed E-state index contributed by atoms with van der Waals surface area (Å²) in [4.78, 5) is 0. The molecule has 1 aromatic carbocycles. The van der Waals surface area contributed by atoms with E-state index < -0.39 is 10.0 Å². The van der Waals surface area contributed by atoms with Gasteiger partial charge in [0.15, 0.2) is 0 Å². The third kappa shape index (κ3) is 4.58. The Morgan fingerprint density at radius 1 is 1.10 bits per heavy atom. The molecule has 112 valence electrons. The number of nitrogens with one attached hydrogen (secondary N) is 2. The van der Waals surface area contributed by atoms with Crippen LogP contribution in [0.2, 0.25) is 0 Å². The van der Waals surface area contributed by atoms with Crippen molar-refractivity contribution in [3.8, 4) is 0 Å². The molecule has 5 heteroatoms. The molecular formula is C15H24N2O2S. The summed E-state index contributed by atoms with van der Waals surface area (Å²) in [6.45, 7) is 0.532. The van der Waals surface area contributed by atoms with Crippen molar-refractivity contribution in [2.45, 2.75) is 37.6 Å². The van der Waals surface area contributed by atoms with E-state index in [0.717, 1.165) is 12.8 Å². The monoisotopic (exact) mass is 296 g/mol. The van der Waals surface area contributed by atoms with Crippen LogP contribution in [0.4, 0.5) is 0 Å². The Balaban J connectivity index is 1.72. The minimum Gasteiger partial charge on any atom is -0.313 e. The third-order valence-corrected chi connectivity index (χ3v) is 5.48. The van der Waals surface area contributed by atoms with Gasteiger partial charge < -0.3 is 5.32 Å². The number of hydrogen-bond acceptors (Lipinski definition) is 3. The molecule has 0 amide bonds. The summed E-state index contributed by atoms with van der Waals surface area (Å²) in [5.41, 5.74) is 1.43. The van der Waals surface area contributed by atoms with Crippen molar-refractivity contribution in [2.75, 3.05) is 19.3 Å². The average Bonchev–Trinajstić information content (AvgIpc) is 2.49. The Kier molecular flexibility index (Phi) is 5.57. The Bertz CT molecular complexity index is 494. The molecule has 0 spiro atoms. The Hall–Kier alpha value is -0.910. The van der Waals surface area contributed by atoms with Crippen LogP contribution in [-0.2, 0) is 10.0 Å². The van der Waals surface area contributed by atoms with E-state index in [2.05, 4.69) is 40.4 Å². The zero-order valence-corrected chi connectivity index (χ0v) is 12.8. The van der Waals surface area contributed by atoms with E-state index >= 15 is 0 Å². The smallest absolute Gasteiger partial charge is 0.212 e. The quantitative estimate of drug-likeness (QED) is 0.842. The van der Waals surface area contributed by atoms with E-state index in [1.807, 2.05) is 0 Å². The molecule has 2 N–H and O–H groups in total. The van der Waals surface area contributed by atoms with E-state index in [1.54, 1.807) is 0 Å². The van der Waals surface area contributed by atoms with Gasteiger partial charge in [0.2, 0.25) is 10.0 Å². The molecule has 1 aliphatic carbocycles. The van der Waals surface area contributed by atoms with E-state index in [0.29, 0.717) is 18.5 Å². The fourth-order valence-electron chi connectivity index (χ4n) is 2.86. The second-order valence-corrected chi connectivity index (χ2v) is 7.48. The molecule has 1 fully saturated rings. The highest BCUT2D eigenvalue weighted by molar-refractivity contribution is 7.89. The Morgan fingerprint density at radius 2 is 1.75 bits per heavy atom. The van der Waals surface area contributed by atoms with Crippen molar-refractivity contribution < 1.29 is 8.42 Å². The number of rotatable bonds is 6. The van der Waals surface area contributed by atoms with Crippen LogP contribution in [0.3, 0.4) is 0 Å². The van der Waals surface area contributed by atoms with Crippen molar-refractivity contribution in [3.05, 3.63) is 35.9 Å². The topological polar surface area (TPSA) is 58.2 Å². The lowest BCUT2D eigenvalue weighted by Crippen LogP contribution is -2.37. The first-order valence-corrected chi connectivity index (χ1v) is 8.95. The van der Waals surface area contributed by atoms with Crippen LogP contribution in [0.15, 0.2) is 30.3 Å². The fraction of sp³-hybridized carbons (Fsp3) is 0.600. The maximum atomic E-state index is 11.3. The average molecular weight is 296 g/mol. The molecule has 2 rings (SSSR count). The molecular weight excluding hydrogens is 272 g/mol. The van der Waals surface area contributed by atoms with Gasteiger partial charge in [-0.15, -0.1) is 0 Å². The van der Waals surface area contributed by atoms with Gasteiger partial charge in [0.1, 0.15) is 0 Å². The lowest BCUT2D eigenvalue weighted by molar-refractivity contribution is 0.348. The lowest BCUT2D eigenvalue weighted by Gasteiger charge is -2.29. The van der Waals surface area contributed by atoms with Crippen LogP contribution in [0.1, 0.15) is 37.2 Å². The molecule has 0 aromatic heterocycles. The van der Waals surface area contributed by atoms with Gasteiger partial charge >= 0.3 is 0 Å². The second kappa shape index (κ2) is 7.20. The molecule has 0 aliphatic heterocycles. The summed E-state index contributed by atoms with van der Waals surface area (Å²) in [7, 11) is -1.63. The summed E-state index contributed by atoms with van der Waals surface area (Å²) in [5.74, 6) is 0.817. The zero-order valence-electron chi connectivity index (χ0n) is 12.0. The van der Waals surface area contributed by atoms with E-state index in [9.17, 15) is 8.42 Å². The predicted molar refractivity (Wildman–Crippen MR) is 82.3 cm³/mol. The van der Waals surface area contributed by atoms with Crippen LogP contribution in [0, 0.1) is 0 Å². The molecule has 0 radical (unpaired) electrons. The Morgan fingerprint density at radius 3 is 2.35 bits per heavy atom. The van der Waals surface area contributed by atoms with E-state index in [-0.39, 0.29) is 5.75 Å². The van der Waals surface area contributed by atoms with Gasteiger partial charge in [-0.25, -0.2) is 13.1 Å². The first-order chi connectivity index (χ1) is 9.61. The highest BCUT2D eigenvalue weighted by Crippen LogP contribution is 2.32. The maximum Gasteiger partial charge on any atom is 0.212 e. The second-order valence-electron chi connectivity index (χ2n) is 5.44. The van der Waals surface area contributed by atoms with Crippen molar-refractivity contribution in [2.24, 2.45) is 0 Å². The van der Waals surface area contributed by atoms with Crippen molar-refractivity contribution >= 4 is 10.0 Å². The summed E-state index contributed by atoms with van der Waals surface area (Å²) >= 11 is 0. The van der Waals surface area contributed by atoms with Crippen LogP contribution in [0.25, 0.3) is 0 Å². The maximum absolute atomic E-state index is 11.3. The minimum absolute atomic E-state index is 0.155. The van der Waals surface area contributed by atoms with Crippen molar-refractivity contribution in [1.82, 2.24) is 10.0 Å². The predicted octanol–water partition coefficient (Wildman–Crippen LogP) is 1.85. The number of hydrogen-bond donors (Lipinski definition) is 2. The summed E-state index contributed by atoms with van der Waals surface area (Å²) in [5, 5.41) is 3.36. The highest BCUT2D eigenvalue weighted by Gasteiger charge is 2.22. The van der Waals surface area contributed by atoms with Gasteiger partial charge in [0.05, 0.1) is 5.75 Å². The number of benzene rings is 1. The third-order valence-electron chi connectivity index (χ3n) is 4.11. The zero-order chi connectivity index (χ0) is 14.4. The molecule has 1 aliphatic rings. The highest BCUT2D eigenvalue weighted by atomic mass is 32.2. The molecule has 0 heterocycles. The molecule has 1 aromatic rings. The normalized spacial score (nSPS) is 23.6. The van der Waals surface area contributed by atoms with Gasteiger partial charge in [-0.1, -0.05) is 30.3 Å². The van der Waals surface area contributed by atoms with Crippen molar-refractivity contribution in [1.29, 1.82) is 0 Å². The number of sulfonamides is 1. The molecule has 20 heavy (non-hydrogen) atoms. The van der Waals surface area contributed by atoms with Gasteiger partial charge in [0.25, 0.3) is 0 Å². The minimum atomic E-state index is -3.09. The molecule has 0 saturated heterocycles.